The summed E-state index contributed by atoms with van der Waals surface area (Å²) in [6.45, 7) is 5.81. The zero-order valence-corrected chi connectivity index (χ0v) is 14.5. The third-order valence-corrected chi connectivity index (χ3v) is 3.61. The van der Waals surface area contributed by atoms with Crippen LogP contribution in [0.3, 0.4) is 0 Å². The number of carbonyl (C=O) groups is 2. The molecule has 0 aromatic heterocycles. The van der Waals surface area contributed by atoms with Crippen LogP contribution in [0.5, 0.6) is 0 Å². The van der Waals surface area contributed by atoms with Gasteiger partial charge in [0, 0.05) is 31.1 Å². The number of benzene rings is 1. The van der Waals surface area contributed by atoms with E-state index in [1.165, 1.54) is 6.07 Å². The number of carbonyl (C=O) groups excluding carboxylic acids is 2. The summed E-state index contributed by atoms with van der Waals surface area (Å²) >= 11 is 0. The molecule has 1 aromatic carbocycles. The second-order valence-corrected chi connectivity index (χ2v) is 7.02. The van der Waals surface area contributed by atoms with Crippen molar-refractivity contribution in [3.8, 4) is 0 Å². The van der Waals surface area contributed by atoms with Crippen LogP contribution in [-0.2, 0) is 16.1 Å². The summed E-state index contributed by atoms with van der Waals surface area (Å²) < 4.78 is 18.9. The third kappa shape index (κ3) is 5.83. The predicted octanol–water partition coefficient (Wildman–Crippen LogP) is 3.23. The molecular formula is C18H25FN2O3. The Balaban J connectivity index is 1.84. The highest BCUT2D eigenvalue weighted by Gasteiger charge is 2.32. The van der Waals surface area contributed by atoms with Gasteiger partial charge in [0.2, 0.25) is 5.91 Å². The Bertz CT molecular complexity index is 594. The molecule has 6 heteroatoms. The molecule has 0 saturated heterocycles. The van der Waals surface area contributed by atoms with Crippen LogP contribution in [0, 0.1) is 5.82 Å². The second kappa shape index (κ2) is 7.64. The number of nitrogens with one attached hydrogen (secondary N) is 1. The standard InChI is InChI=1S/C18H25FN2O3/c1-18(2,3)24-17(23)20-11-10-16(22)21(14-8-9-14)12-13-6-4-5-7-15(13)19/h4-7,14H,8-12H2,1-3H3,(H,20,23). The lowest BCUT2D eigenvalue weighted by atomic mass is 10.2. The van der Waals surface area contributed by atoms with Crippen LogP contribution in [0.2, 0.25) is 0 Å². The quantitative estimate of drug-likeness (QED) is 0.868. The third-order valence-electron chi connectivity index (χ3n) is 3.61. The number of amides is 2. The Labute approximate surface area is 142 Å². The molecule has 2 rings (SSSR count). The number of ether oxygens (including phenoxy) is 1. The van der Waals surface area contributed by atoms with Crippen molar-refractivity contribution in [2.45, 2.75) is 58.2 Å². The zero-order chi connectivity index (χ0) is 17.7. The smallest absolute Gasteiger partial charge is 0.407 e. The van der Waals surface area contributed by atoms with E-state index >= 15 is 0 Å². The number of halogens is 1. The molecule has 0 spiro atoms. The molecule has 1 fully saturated rings. The molecule has 2 amide bonds. The molecule has 1 N–H and O–H groups in total. The molecule has 0 heterocycles. The SMILES string of the molecule is CC(C)(C)OC(=O)NCCC(=O)N(Cc1ccccc1F)C1CC1. The number of nitrogens with zero attached hydrogens (tertiary/aromatic N) is 1. The van der Waals surface area contributed by atoms with Gasteiger partial charge in [-0.15, -0.1) is 0 Å². The minimum atomic E-state index is -0.570. The van der Waals surface area contributed by atoms with E-state index in [4.69, 9.17) is 4.74 Å². The van der Waals surface area contributed by atoms with Crippen molar-refractivity contribution in [3.63, 3.8) is 0 Å². The van der Waals surface area contributed by atoms with Gasteiger partial charge in [-0.05, 0) is 39.7 Å². The molecule has 1 aromatic rings. The topological polar surface area (TPSA) is 58.6 Å². The van der Waals surface area contributed by atoms with Gasteiger partial charge in [-0.2, -0.15) is 0 Å². The molecule has 0 atom stereocenters. The lowest BCUT2D eigenvalue weighted by Crippen LogP contribution is -2.37. The summed E-state index contributed by atoms with van der Waals surface area (Å²) in [4.78, 5) is 25.7. The minimum Gasteiger partial charge on any atom is -0.444 e. The van der Waals surface area contributed by atoms with Crippen molar-refractivity contribution >= 4 is 12.0 Å². The van der Waals surface area contributed by atoms with Crippen LogP contribution in [-0.4, -0.2) is 35.1 Å². The van der Waals surface area contributed by atoms with Crippen molar-refractivity contribution in [1.82, 2.24) is 10.2 Å². The summed E-state index contributed by atoms with van der Waals surface area (Å²) in [5.41, 5.74) is -0.0586. The van der Waals surface area contributed by atoms with Crippen LogP contribution < -0.4 is 5.32 Å². The monoisotopic (exact) mass is 336 g/mol. The highest BCUT2D eigenvalue weighted by Crippen LogP contribution is 2.29. The normalized spacial score (nSPS) is 14.2. The predicted molar refractivity (Wildman–Crippen MR) is 88.8 cm³/mol. The van der Waals surface area contributed by atoms with E-state index in [0.29, 0.717) is 5.56 Å². The molecule has 1 saturated carbocycles. The Kier molecular flexibility index (Phi) is 5.80. The first-order valence-electron chi connectivity index (χ1n) is 8.26. The van der Waals surface area contributed by atoms with Crippen LogP contribution in [0.4, 0.5) is 9.18 Å². The van der Waals surface area contributed by atoms with E-state index in [1.54, 1.807) is 43.9 Å². The fraction of sp³-hybridized carbons (Fsp3) is 0.556. The summed E-state index contributed by atoms with van der Waals surface area (Å²) in [5, 5.41) is 2.58. The van der Waals surface area contributed by atoms with Gasteiger partial charge in [-0.3, -0.25) is 4.79 Å². The average Bonchev–Trinajstić information content (AvgIpc) is 3.28. The lowest BCUT2D eigenvalue weighted by Gasteiger charge is -2.23. The fourth-order valence-corrected chi connectivity index (χ4v) is 2.35. The van der Waals surface area contributed by atoms with E-state index in [0.717, 1.165) is 12.8 Å². The lowest BCUT2D eigenvalue weighted by molar-refractivity contribution is -0.132. The molecule has 24 heavy (non-hydrogen) atoms. The zero-order valence-electron chi connectivity index (χ0n) is 14.5. The molecule has 1 aliphatic carbocycles. The van der Waals surface area contributed by atoms with Crippen molar-refractivity contribution in [3.05, 3.63) is 35.6 Å². The molecule has 132 valence electrons. The molecule has 5 nitrogen and oxygen atoms in total. The Morgan fingerprint density at radius 2 is 1.96 bits per heavy atom. The van der Waals surface area contributed by atoms with Gasteiger partial charge in [-0.1, -0.05) is 18.2 Å². The molecular weight excluding hydrogens is 311 g/mol. The second-order valence-electron chi connectivity index (χ2n) is 7.02. The summed E-state index contributed by atoms with van der Waals surface area (Å²) in [6.07, 6.45) is 1.52. The first-order valence-corrected chi connectivity index (χ1v) is 8.26. The molecule has 0 radical (unpaired) electrons. The van der Waals surface area contributed by atoms with Crippen molar-refractivity contribution in [1.29, 1.82) is 0 Å². The Morgan fingerprint density at radius 3 is 2.54 bits per heavy atom. The van der Waals surface area contributed by atoms with Crippen LogP contribution >= 0.6 is 0 Å². The van der Waals surface area contributed by atoms with Gasteiger partial charge < -0.3 is 15.0 Å². The van der Waals surface area contributed by atoms with E-state index in [2.05, 4.69) is 5.32 Å². The summed E-state index contributed by atoms with van der Waals surface area (Å²) in [5.74, 6) is -0.389. The maximum atomic E-state index is 13.8. The van der Waals surface area contributed by atoms with Crippen LogP contribution in [0.25, 0.3) is 0 Å². The maximum absolute atomic E-state index is 13.8. The number of hydrogen-bond acceptors (Lipinski definition) is 3. The minimum absolute atomic E-state index is 0.0863. The Hall–Kier alpha value is -2.11. The van der Waals surface area contributed by atoms with E-state index in [1.807, 2.05) is 0 Å². The molecule has 0 aliphatic heterocycles. The van der Waals surface area contributed by atoms with Gasteiger partial charge in [0.1, 0.15) is 11.4 Å². The van der Waals surface area contributed by atoms with Crippen molar-refractivity contribution in [2.24, 2.45) is 0 Å². The maximum Gasteiger partial charge on any atom is 0.407 e. The van der Waals surface area contributed by atoms with Crippen molar-refractivity contribution in [2.75, 3.05) is 6.54 Å². The van der Waals surface area contributed by atoms with E-state index in [9.17, 15) is 14.0 Å². The average molecular weight is 336 g/mol. The highest BCUT2D eigenvalue weighted by molar-refractivity contribution is 5.78. The van der Waals surface area contributed by atoms with E-state index in [-0.39, 0.29) is 37.3 Å². The van der Waals surface area contributed by atoms with Crippen LogP contribution in [0.15, 0.2) is 24.3 Å². The summed E-state index contributed by atoms with van der Waals surface area (Å²) in [7, 11) is 0. The number of hydrogen-bond donors (Lipinski definition) is 1. The summed E-state index contributed by atoms with van der Waals surface area (Å²) in [6, 6.07) is 6.66. The molecule has 1 aliphatic rings. The van der Waals surface area contributed by atoms with Gasteiger partial charge >= 0.3 is 6.09 Å². The largest absolute Gasteiger partial charge is 0.444 e. The van der Waals surface area contributed by atoms with Crippen molar-refractivity contribution < 1.29 is 18.7 Å². The Morgan fingerprint density at radius 1 is 1.29 bits per heavy atom. The van der Waals surface area contributed by atoms with Gasteiger partial charge in [-0.25, -0.2) is 9.18 Å². The number of alkyl carbamates (subject to hydrolysis) is 1. The van der Waals surface area contributed by atoms with Gasteiger partial charge in [0.05, 0.1) is 0 Å². The fourth-order valence-electron chi connectivity index (χ4n) is 2.35. The first kappa shape index (κ1) is 18.2. The van der Waals surface area contributed by atoms with Gasteiger partial charge in [0.15, 0.2) is 0 Å². The van der Waals surface area contributed by atoms with Gasteiger partial charge in [0.25, 0.3) is 0 Å². The number of rotatable bonds is 6. The highest BCUT2D eigenvalue weighted by atomic mass is 19.1. The molecule has 0 unspecified atom stereocenters. The first-order chi connectivity index (χ1) is 11.3. The molecule has 0 bridgehead atoms. The van der Waals surface area contributed by atoms with E-state index < -0.39 is 11.7 Å². The van der Waals surface area contributed by atoms with Crippen LogP contribution in [0.1, 0.15) is 45.6 Å².